The molecule has 0 bridgehead atoms. The van der Waals surface area contributed by atoms with E-state index < -0.39 is 0 Å². The number of nitrogens with one attached hydrogen (secondary N) is 1. The Morgan fingerprint density at radius 1 is 1.18 bits per heavy atom. The number of benzene rings is 2. The highest BCUT2D eigenvalue weighted by Gasteiger charge is 2.20. The highest BCUT2D eigenvalue weighted by Crippen LogP contribution is 2.28. The molecule has 2 heterocycles. The minimum atomic E-state index is -0.350. The van der Waals surface area contributed by atoms with Crippen LogP contribution >= 0.6 is 0 Å². The molecule has 4 rings (SSSR count). The van der Waals surface area contributed by atoms with E-state index in [2.05, 4.69) is 20.3 Å². The number of aromatic nitrogens is 4. The minimum absolute atomic E-state index is 0.0623. The third kappa shape index (κ3) is 3.10. The van der Waals surface area contributed by atoms with E-state index >= 15 is 0 Å². The molecule has 0 spiro atoms. The van der Waals surface area contributed by atoms with Crippen LogP contribution in [0.15, 0.2) is 54.7 Å². The molecule has 138 valence electrons. The quantitative estimate of drug-likeness (QED) is 0.566. The number of halogens is 1. The van der Waals surface area contributed by atoms with Gasteiger partial charge in [0.1, 0.15) is 29.1 Å². The molecule has 0 aliphatic carbocycles. The number of nitrogen functional groups attached to an aromatic ring is 1. The molecule has 2 aromatic carbocycles. The molecule has 8 heteroatoms. The summed E-state index contributed by atoms with van der Waals surface area (Å²) < 4.78 is 15.8. The van der Waals surface area contributed by atoms with Gasteiger partial charge in [0.25, 0.3) is 0 Å². The number of hydrogen-bond acceptors (Lipinski definition) is 6. The summed E-state index contributed by atoms with van der Waals surface area (Å²) >= 11 is 0. The van der Waals surface area contributed by atoms with Crippen molar-refractivity contribution in [2.45, 2.75) is 13.0 Å². The normalized spacial score (nSPS) is 11.9. The van der Waals surface area contributed by atoms with Gasteiger partial charge in [-0.3, -0.25) is 4.57 Å². The molecule has 0 saturated heterocycles. The van der Waals surface area contributed by atoms with E-state index in [0.29, 0.717) is 22.7 Å². The number of para-hydroxylation sites is 1. The molecular formula is C20H16FN7. The molecule has 1 unspecified atom stereocenters. The van der Waals surface area contributed by atoms with Gasteiger partial charge >= 0.3 is 0 Å². The Balaban J connectivity index is 1.85. The number of nitrogens with two attached hydrogens (primary N) is 1. The highest BCUT2D eigenvalue weighted by atomic mass is 19.1. The maximum atomic E-state index is 13.9. The SMILES string of the molecule is CC(Nc1nc(N)ncc1C#N)c1nc2ccc(F)cc2n1-c1ccccc1. The summed E-state index contributed by atoms with van der Waals surface area (Å²) in [6.07, 6.45) is 1.37. The Kier molecular flexibility index (Phi) is 4.33. The Morgan fingerprint density at radius 3 is 2.71 bits per heavy atom. The van der Waals surface area contributed by atoms with Crippen LogP contribution in [0, 0.1) is 17.1 Å². The van der Waals surface area contributed by atoms with E-state index in [4.69, 9.17) is 5.73 Å². The predicted molar refractivity (Wildman–Crippen MR) is 104 cm³/mol. The lowest BCUT2D eigenvalue weighted by Gasteiger charge is -2.17. The summed E-state index contributed by atoms with van der Waals surface area (Å²) in [5.41, 5.74) is 8.10. The summed E-state index contributed by atoms with van der Waals surface area (Å²) in [7, 11) is 0. The molecule has 28 heavy (non-hydrogen) atoms. The summed E-state index contributed by atoms with van der Waals surface area (Å²) in [6.45, 7) is 1.89. The molecule has 2 aromatic heterocycles. The van der Waals surface area contributed by atoms with Crippen molar-refractivity contribution in [3.63, 3.8) is 0 Å². The number of hydrogen-bond donors (Lipinski definition) is 2. The summed E-state index contributed by atoms with van der Waals surface area (Å²) in [5.74, 6) is 0.688. The van der Waals surface area contributed by atoms with Crippen molar-refractivity contribution < 1.29 is 4.39 Å². The smallest absolute Gasteiger partial charge is 0.222 e. The van der Waals surface area contributed by atoms with Gasteiger partial charge in [0.15, 0.2) is 0 Å². The van der Waals surface area contributed by atoms with Crippen molar-refractivity contribution in [1.82, 2.24) is 19.5 Å². The van der Waals surface area contributed by atoms with Crippen LogP contribution in [0.2, 0.25) is 0 Å². The van der Waals surface area contributed by atoms with Crippen LogP contribution in [0.3, 0.4) is 0 Å². The van der Waals surface area contributed by atoms with Crippen molar-refractivity contribution in [2.75, 3.05) is 11.1 Å². The molecule has 7 nitrogen and oxygen atoms in total. The van der Waals surface area contributed by atoms with Crippen molar-refractivity contribution >= 4 is 22.8 Å². The maximum Gasteiger partial charge on any atom is 0.222 e. The zero-order valence-electron chi connectivity index (χ0n) is 15.0. The van der Waals surface area contributed by atoms with Gasteiger partial charge in [-0.15, -0.1) is 0 Å². The lowest BCUT2D eigenvalue weighted by atomic mass is 10.2. The van der Waals surface area contributed by atoms with Crippen molar-refractivity contribution in [3.05, 3.63) is 71.9 Å². The Bertz CT molecular complexity index is 1190. The van der Waals surface area contributed by atoms with E-state index in [1.165, 1.54) is 18.3 Å². The van der Waals surface area contributed by atoms with Crippen LogP contribution in [0.1, 0.15) is 24.4 Å². The standard InChI is InChI=1S/C20H16FN7/c1-12(25-18-13(10-22)11-24-20(23)27-18)19-26-16-8-7-14(21)9-17(16)28(19)15-5-3-2-4-6-15/h2-9,11-12H,1H3,(H3,23,24,25,27). The highest BCUT2D eigenvalue weighted by molar-refractivity contribution is 5.78. The van der Waals surface area contributed by atoms with E-state index in [1.54, 1.807) is 6.07 Å². The third-order valence-electron chi connectivity index (χ3n) is 4.33. The number of nitrogens with zero attached hydrogens (tertiary/aromatic N) is 5. The van der Waals surface area contributed by atoms with Crippen molar-refractivity contribution in [2.24, 2.45) is 0 Å². The van der Waals surface area contributed by atoms with Gasteiger partial charge in [-0.25, -0.2) is 14.4 Å². The molecule has 0 radical (unpaired) electrons. The van der Waals surface area contributed by atoms with Crippen LogP contribution in [-0.4, -0.2) is 19.5 Å². The maximum absolute atomic E-state index is 13.9. The van der Waals surface area contributed by atoms with E-state index in [1.807, 2.05) is 47.9 Å². The zero-order chi connectivity index (χ0) is 19.7. The fraction of sp³-hybridized carbons (Fsp3) is 0.100. The van der Waals surface area contributed by atoms with Crippen LogP contribution in [0.5, 0.6) is 0 Å². The van der Waals surface area contributed by atoms with E-state index in [0.717, 1.165) is 5.69 Å². The molecule has 0 aliphatic rings. The second kappa shape index (κ2) is 6.96. The Labute approximate surface area is 160 Å². The van der Waals surface area contributed by atoms with Crippen LogP contribution in [-0.2, 0) is 0 Å². The van der Waals surface area contributed by atoms with Gasteiger partial charge in [0, 0.05) is 11.8 Å². The van der Waals surface area contributed by atoms with E-state index in [9.17, 15) is 9.65 Å². The molecule has 0 saturated carbocycles. The van der Waals surface area contributed by atoms with Crippen LogP contribution in [0.4, 0.5) is 16.2 Å². The first-order valence-corrected chi connectivity index (χ1v) is 8.59. The average molecular weight is 373 g/mol. The zero-order valence-corrected chi connectivity index (χ0v) is 15.0. The third-order valence-corrected chi connectivity index (χ3v) is 4.33. The first-order valence-electron chi connectivity index (χ1n) is 8.59. The molecule has 0 amide bonds. The summed E-state index contributed by atoms with van der Waals surface area (Å²) in [5, 5.41) is 12.5. The predicted octanol–water partition coefficient (Wildman–Crippen LogP) is 3.58. The minimum Gasteiger partial charge on any atom is -0.368 e. The molecule has 4 aromatic rings. The summed E-state index contributed by atoms with van der Waals surface area (Å²) in [6, 6.07) is 15.7. The fourth-order valence-electron chi connectivity index (χ4n) is 3.06. The van der Waals surface area contributed by atoms with E-state index in [-0.39, 0.29) is 23.4 Å². The molecular weight excluding hydrogens is 357 g/mol. The topological polar surface area (TPSA) is 105 Å². The molecule has 0 fully saturated rings. The lowest BCUT2D eigenvalue weighted by Crippen LogP contribution is -2.15. The second-order valence-corrected chi connectivity index (χ2v) is 6.24. The first kappa shape index (κ1) is 17.4. The average Bonchev–Trinajstić information content (AvgIpc) is 3.07. The molecule has 1 atom stereocenters. The lowest BCUT2D eigenvalue weighted by molar-refractivity contribution is 0.629. The van der Waals surface area contributed by atoms with Gasteiger partial charge in [-0.1, -0.05) is 18.2 Å². The van der Waals surface area contributed by atoms with Gasteiger partial charge in [0.2, 0.25) is 5.95 Å². The monoisotopic (exact) mass is 373 g/mol. The van der Waals surface area contributed by atoms with Gasteiger partial charge in [-0.05, 0) is 31.2 Å². The number of imidazole rings is 1. The molecule has 0 aliphatic heterocycles. The largest absolute Gasteiger partial charge is 0.368 e. The number of anilines is 2. The second-order valence-electron chi connectivity index (χ2n) is 6.24. The Morgan fingerprint density at radius 2 is 1.96 bits per heavy atom. The molecule has 3 N–H and O–H groups in total. The van der Waals surface area contributed by atoms with Crippen molar-refractivity contribution in [3.8, 4) is 11.8 Å². The summed E-state index contributed by atoms with van der Waals surface area (Å²) in [4.78, 5) is 12.6. The van der Waals surface area contributed by atoms with Gasteiger partial charge in [-0.2, -0.15) is 10.2 Å². The van der Waals surface area contributed by atoms with Crippen LogP contribution in [0.25, 0.3) is 16.7 Å². The van der Waals surface area contributed by atoms with Crippen molar-refractivity contribution in [1.29, 1.82) is 5.26 Å². The fourth-order valence-corrected chi connectivity index (χ4v) is 3.06. The van der Waals surface area contributed by atoms with Gasteiger partial charge in [0.05, 0.1) is 23.3 Å². The Hall–Kier alpha value is -3.99. The number of fused-ring (bicyclic) bond motifs is 1. The van der Waals surface area contributed by atoms with Crippen LogP contribution < -0.4 is 11.1 Å². The van der Waals surface area contributed by atoms with Gasteiger partial charge < -0.3 is 11.1 Å². The first-order chi connectivity index (χ1) is 13.6. The number of nitriles is 1. The number of rotatable bonds is 4.